The molecule has 22 heavy (non-hydrogen) atoms. The molecule has 0 atom stereocenters. The molecule has 0 N–H and O–H groups in total. The van der Waals surface area contributed by atoms with Gasteiger partial charge in [0.25, 0.3) is 5.69 Å². The number of nitro groups is 1. The molecule has 0 spiro atoms. The van der Waals surface area contributed by atoms with Crippen LogP contribution in [0.3, 0.4) is 0 Å². The number of ether oxygens (including phenoxy) is 2. The molecule has 0 unspecified atom stereocenters. The molecule has 0 heterocycles. The summed E-state index contributed by atoms with van der Waals surface area (Å²) in [4.78, 5) is 22.0. The van der Waals surface area contributed by atoms with E-state index in [-0.39, 0.29) is 18.9 Å². The van der Waals surface area contributed by atoms with Crippen LogP contribution in [0.2, 0.25) is 0 Å². The zero-order valence-electron chi connectivity index (χ0n) is 11.4. The molecule has 2 aromatic rings. The first kappa shape index (κ1) is 16.0. The molecule has 6 nitrogen and oxygen atoms in total. The summed E-state index contributed by atoms with van der Waals surface area (Å²) in [6.07, 6.45) is 0. The Labute approximate surface area is 134 Å². The van der Waals surface area contributed by atoms with E-state index in [9.17, 15) is 14.9 Å². The summed E-state index contributed by atoms with van der Waals surface area (Å²) >= 11 is 3.29. The van der Waals surface area contributed by atoms with Crippen LogP contribution in [0.1, 0.15) is 5.56 Å². The van der Waals surface area contributed by atoms with Gasteiger partial charge in [0.1, 0.15) is 12.4 Å². The van der Waals surface area contributed by atoms with Gasteiger partial charge in [0.15, 0.2) is 6.61 Å². The number of halogens is 1. The summed E-state index contributed by atoms with van der Waals surface area (Å²) in [6.45, 7) is -0.436. The molecule has 0 aliphatic carbocycles. The fraction of sp³-hybridized carbons (Fsp3) is 0.133. The van der Waals surface area contributed by atoms with E-state index >= 15 is 0 Å². The van der Waals surface area contributed by atoms with Crippen LogP contribution >= 0.6 is 15.9 Å². The Kier molecular flexibility index (Phi) is 5.48. The monoisotopic (exact) mass is 365 g/mol. The Hall–Kier alpha value is -2.41. The Morgan fingerprint density at radius 1 is 1.18 bits per heavy atom. The minimum absolute atomic E-state index is 0.0804. The SMILES string of the molecule is O=C(COc1cccc(Br)c1)OCc1ccccc1[N+](=O)[O-]. The van der Waals surface area contributed by atoms with Crippen LogP contribution in [-0.2, 0) is 16.1 Å². The topological polar surface area (TPSA) is 78.7 Å². The molecule has 0 saturated heterocycles. The van der Waals surface area contributed by atoms with Crippen LogP contribution in [0.25, 0.3) is 0 Å². The van der Waals surface area contributed by atoms with Crippen LogP contribution in [0.4, 0.5) is 5.69 Å². The van der Waals surface area contributed by atoms with E-state index in [1.807, 2.05) is 6.07 Å². The zero-order valence-corrected chi connectivity index (χ0v) is 13.0. The number of hydrogen-bond acceptors (Lipinski definition) is 5. The first-order valence-electron chi connectivity index (χ1n) is 6.32. The van der Waals surface area contributed by atoms with Crippen molar-refractivity contribution < 1.29 is 19.2 Å². The van der Waals surface area contributed by atoms with Crippen LogP contribution in [0, 0.1) is 10.1 Å². The number of esters is 1. The maximum Gasteiger partial charge on any atom is 0.344 e. The summed E-state index contributed by atoms with van der Waals surface area (Å²) in [5.74, 6) is -0.0739. The molecule has 2 rings (SSSR count). The van der Waals surface area contributed by atoms with Crippen LogP contribution in [-0.4, -0.2) is 17.5 Å². The van der Waals surface area contributed by atoms with Gasteiger partial charge in [-0.1, -0.05) is 34.1 Å². The number of para-hydroxylation sites is 1. The Morgan fingerprint density at radius 3 is 2.68 bits per heavy atom. The molecular weight excluding hydrogens is 354 g/mol. The number of carbonyl (C=O) groups excluding carboxylic acids is 1. The molecule has 0 aliphatic heterocycles. The van der Waals surface area contributed by atoms with Gasteiger partial charge in [-0.15, -0.1) is 0 Å². The fourth-order valence-electron chi connectivity index (χ4n) is 1.71. The minimum Gasteiger partial charge on any atom is -0.482 e. The van der Waals surface area contributed by atoms with Gasteiger partial charge >= 0.3 is 5.97 Å². The van der Waals surface area contributed by atoms with Gasteiger partial charge in [-0.3, -0.25) is 10.1 Å². The average molecular weight is 366 g/mol. The van der Waals surface area contributed by atoms with Crippen molar-refractivity contribution in [3.8, 4) is 5.75 Å². The lowest BCUT2D eigenvalue weighted by molar-refractivity contribution is -0.385. The second-order valence-corrected chi connectivity index (χ2v) is 5.21. The Balaban J connectivity index is 1.87. The lowest BCUT2D eigenvalue weighted by Crippen LogP contribution is -2.15. The molecular formula is C15H12BrNO5. The molecule has 0 aliphatic rings. The lowest BCUT2D eigenvalue weighted by Gasteiger charge is -2.07. The van der Waals surface area contributed by atoms with Gasteiger partial charge in [0.2, 0.25) is 0 Å². The summed E-state index contributed by atoms with van der Waals surface area (Å²) in [5.41, 5.74) is 0.256. The van der Waals surface area contributed by atoms with E-state index in [1.54, 1.807) is 36.4 Å². The number of rotatable bonds is 6. The molecule has 0 fully saturated rings. The van der Waals surface area contributed by atoms with E-state index in [0.29, 0.717) is 11.3 Å². The van der Waals surface area contributed by atoms with Crippen molar-refractivity contribution >= 4 is 27.6 Å². The van der Waals surface area contributed by atoms with Gasteiger partial charge in [-0.2, -0.15) is 0 Å². The van der Waals surface area contributed by atoms with E-state index in [0.717, 1.165) is 4.47 Å². The molecule has 0 radical (unpaired) electrons. The smallest absolute Gasteiger partial charge is 0.344 e. The lowest BCUT2D eigenvalue weighted by atomic mass is 10.2. The van der Waals surface area contributed by atoms with Gasteiger partial charge in [0, 0.05) is 10.5 Å². The van der Waals surface area contributed by atoms with Gasteiger partial charge < -0.3 is 9.47 Å². The summed E-state index contributed by atoms with van der Waals surface area (Å²) in [6, 6.07) is 13.1. The standard InChI is InChI=1S/C15H12BrNO5/c16-12-5-3-6-13(8-12)21-10-15(18)22-9-11-4-1-2-7-14(11)17(19)20/h1-8H,9-10H2. The predicted octanol–water partition coefficient (Wildman–Crippen LogP) is 3.48. The highest BCUT2D eigenvalue weighted by Gasteiger charge is 2.14. The second kappa shape index (κ2) is 7.56. The van der Waals surface area contributed by atoms with Crippen LogP contribution in [0.15, 0.2) is 53.0 Å². The molecule has 7 heteroatoms. The van der Waals surface area contributed by atoms with Crippen molar-refractivity contribution in [3.05, 3.63) is 68.7 Å². The van der Waals surface area contributed by atoms with Crippen molar-refractivity contribution in [1.82, 2.24) is 0 Å². The summed E-state index contributed by atoms with van der Waals surface area (Å²) in [7, 11) is 0. The van der Waals surface area contributed by atoms with E-state index in [4.69, 9.17) is 9.47 Å². The number of nitro benzene ring substituents is 1. The normalized spacial score (nSPS) is 10.0. The van der Waals surface area contributed by atoms with E-state index < -0.39 is 10.9 Å². The quantitative estimate of drug-likeness (QED) is 0.444. The highest BCUT2D eigenvalue weighted by Crippen LogP contribution is 2.19. The van der Waals surface area contributed by atoms with Crippen molar-refractivity contribution in [1.29, 1.82) is 0 Å². The maximum atomic E-state index is 11.6. The predicted molar refractivity (Wildman–Crippen MR) is 82.5 cm³/mol. The third-order valence-electron chi connectivity index (χ3n) is 2.73. The number of benzene rings is 2. The first-order valence-corrected chi connectivity index (χ1v) is 7.12. The van der Waals surface area contributed by atoms with Gasteiger partial charge in [-0.25, -0.2) is 4.79 Å². The van der Waals surface area contributed by atoms with Crippen molar-refractivity contribution in [2.75, 3.05) is 6.61 Å². The summed E-state index contributed by atoms with van der Waals surface area (Å²) < 4.78 is 11.1. The molecule has 0 saturated carbocycles. The molecule has 0 amide bonds. The molecule has 2 aromatic carbocycles. The van der Waals surface area contributed by atoms with E-state index in [2.05, 4.69) is 15.9 Å². The first-order chi connectivity index (χ1) is 10.6. The third kappa shape index (κ3) is 4.56. The Bertz CT molecular complexity index is 689. The fourth-order valence-corrected chi connectivity index (χ4v) is 2.09. The number of nitrogens with zero attached hydrogens (tertiary/aromatic N) is 1. The molecule has 114 valence electrons. The largest absolute Gasteiger partial charge is 0.482 e. The summed E-state index contributed by atoms with van der Waals surface area (Å²) in [5, 5.41) is 10.8. The Morgan fingerprint density at radius 2 is 1.95 bits per heavy atom. The maximum absolute atomic E-state index is 11.6. The zero-order chi connectivity index (χ0) is 15.9. The minimum atomic E-state index is -0.599. The molecule has 0 aromatic heterocycles. The van der Waals surface area contributed by atoms with Crippen LogP contribution in [0.5, 0.6) is 5.75 Å². The van der Waals surface area contributed by atoms with Crippen molar-refractivity contribution in [2.45, 2.75) is 6.61 Å². The van der Waals surface area contributed by atoms with E-state index in [1.165, 1.54) is 6.07 Å². The van der Waals surface area contributed by atoms with Gasteiger partial charge in [0.05, 0.1) is 10.5 Å². The second-order valence-electron chi connectivity index (χ2n) is 4.29. The average Bonchev–Trinajstić information content (AvgIpc) is 2.51. The number of carbonyl (C=O) groups is 1. The van der Waals surface area contributed by atoms with Gasteiger partial charge in [-0.05, 0) is 24.3 Å². The van der Waals surface area contributed by atoms with Crippen molar-refractivity contribution in [2.24, 2.45) is 0 Å². The third-order valence-corrected chi connectivity index (χ3v) is 3.22. The highest BCUT2D eigenvalue weighted by atomic mass is 79.9. The number of hydrogen-bond donors (Lipinski definition) is 0. The molecule has 0 bridgehead atoms. The van der Waals surface area contributed by atoms with Crippen molar-refractivity contribution in [3.63, 3.8) is 0 Å². The van der Waals surface area contributed by atoms with Crippen LogP contribution < -0.4 is 4.74 Å². The highest BCUT2D eigenvalue weighted by molar-refractivity contribution is 9.10.